The molecular weight excluding hydrogens is 685 g/mol. The summed E-state index contributed by atoms with van der Waals surface area (Å²) in [5.74, 6) is -0.551. The van der Waals surface area contributed by atoms with Crippen LogP contribution in [0.2, 0.25) is 0 Å². The van der Waals surface area contributed by atoms with E-state index in [4.69, 9.17) is 4.98 Å². The number of imide groups is 2. The molecule has 3 N–H and O–H groups in total. The van der Waals surface area contributed by atoms with Gasteiger partial charge >= 0.3 is 0 Å². The Kier molecular flexibility index (Phi) is 9.87. The van der Waals surface area contributed by atoms with Crippen molar-refractivity contribution in [1.82, 2.24) is 30.1 Å². The second-order valence-electron chi connectivity index (χ2n) is 15.1. The molecule has 2 aromatic heterocycles. The lowest BCUT2D eigenvalue weighted by molar-refractivity contribution is -0.136. The molecule has 8 rings (SSSR count). The molecule has 4 aromatic rings. The van der Waals surface area contributed by atoms with Crippen LogP contribution in [0.4, 0.5) is 11.5 Å². The largest absolute Gasteiger partial charge is 0.372 e. The molecule has 1 aliphatic carbocycles. The number of nitrogens with one attached hydrogen (secondary N) is 3. The second kappa shape index (κ2) is 15.0. The van der Waals surface area contributed by atoms with Crippen LogP contribution in [0.1, 0.15) is 107 Å². The van der Waals surface area contributed by atoms with Crippen LogP contribution < -0.4 is 20.9 Å². The third kappa shape index (κ3) is 7.06. The van der Waals surface area contributed by atoms with Crippen LogP contribution in [-0.4, -0.2) is 80.2 Å². The van der Waals surface area contributed by atoms with Gasteiger partial charge in [0.2, 0.25) is 11.8 Å². The Balaban J connectivity index is 0.809. The Hall–Kier alpha value is -5.59. The quantitative estimate of drug-likeness (QED) is 0.186. The van der Waals surface area contributed by atoms with Gasteiger partial charge in [0.15, 0.2) is 5.65 Å². The van der Waals surface area contributed by atoms with E-state index in [1.165, 1.54) is 0 Å². The Morgan fingerprint density at radius 3 is 2.48 bits per heavy atom. The molecule has 0 spiro atoms. The molecule has 2 unspecified atom stereocenters. The Morgan fingerprint density at radius 2 is 1.70 bits per heavy atom. The zero-order valence-electron chi connectivity index (χ0n) is 30.6. The zero-order valence-corrected chi connectivity index (χ0v) is 30.6. The lowest BCUT2D eigenvalue weighted by Gasteiger charge is -2.34. The molecule has 1 saturated carbocycles. The van der Waals surface area contributed by atoms with Gasteiger partial charge in [-0.25, -0.2) is 4.98 Å². The van der Waals surface area contributed by atoms with E-state index in [9.17, 15) is 24.0 Å². The molecule has 3 aliphatic heterocycles. The monoisotopic (exact) mass is 730 g/mol. The highest BCUT2D eigenvalue weighted by Crippen LogP contribution is 2.33. The van der Waals surface area contributed by atoms with E-state index in [2.05, 4.69) is 38.9 Å². The van der Waals surface area contributed by atoms with Crippen molar-refractivity contribution < 1.29 is 24.0 Å². The maximum Gasteiger partial charge on any atom is 0.262 e. The van der Waals surface area contributed by atoms with Crippen molar-refractivity contribution >= 4 is 46.7 Å². The molecule has 13 heteroatoms. The highest BCUT2D eigenvalue weighted by atomic mass is 16.2. The summed E-state index contributed by atoms with van der Waals surface area (Å²) in [5.41, 5.74) is 5.19. The van der Waals surface area contributed by atoms with Crippen LogP contribution >= 0.6 is 0 Å². The van der Waals surface area contributed by atoms with Gasteiger partial charge in [-0.3, -0.25) is 34.2 Å². The van der Waals surface area contributed by atoms with Crippen molar-refractivity contribution in [2.45, 2.75) is 95.7 Å². The summed E-state index contributed by atoms with van der Waals surface area (Å²) < 4.78 is 1.85. The summed E-state index contributed by atoms with van der Waals surface area (Å²) in [6, 6.07) is 16.6. The van der Waals surface area contributed by atoms with E-state index in [0.717, 1.165) is 97.8 Å². The van der Waals surface area contributed by atoms with Gasteiger partial charge in [0.25, 0.3) is 17.7 Å². The number of aromatic nitrogens is 3. The number of carbonyl (C=O) groups excluding carboxylic acids is 5. The highest BCUT2D eigenvalue weighted by molar-refractivity contribution is 6.24. The van der Waals surface area contributed by atoms with Gasteiger partial charge in [-0.15, -0.1) is 0 Å². The van der Waals surface area contributed by atoms with Crippen LogP contribution in [-0.2, 0) is 22.4 Å². The molecular formula is C41H46N8O5. The number of hydrogen-bond acceptors (Lipinski definition) is 9. The number of benzene rings is 2. The van der Waals surface area contributed by atoms with Crippen molar-refractivity contribution in [3.63, 3.8) is 0 Å². The predicted molar refractivity (Wildman–Crippen MR) is 202 cm³/mol. The molecule has 0 radical (unpaired) electrons. The Morgan fingerprint density at radius 1 is 0.907 bits per heavy atom. The SMILES string of the molecule is CCCc1cc(N[C@@H]2CCC(NC(=O)c3ccc(N4CCC(CCc5cccc6c5C(=O)N(C5CCC(=O)NC5=O)C6=O)CC4)cc3)C2)n2nccc2n1. The molecule has 280 valence electrons. The zero-order chi connectivity index (χ0) is 37.3. The summed E-state index contributed by atoms with van der Waals surface area (Å²) in [5, 5.41) is 13.6. The smallest absolute Gasteiger partial charge is 0.262 e. The van der Waals surface area contributed by atoms with Gasteiger partial charge in [0, 0.05) is 60.7 Å². The van der Waals surface area contributed by atoms with Crippen LogP contribution in [0.15, 0.2) is 60.8 Å². The number of anilines is 2. The number of piperidine rings is 2. The minimum Gasteiger partial charge on any atom is -0.372 e. The van der Waals surface area contributed by atoms with E-state index in [-0.39, 0.29) is 36.7 Å². The van der Waals surface area contributed by atoms with Gasteiger partial charge in [-0.1, -0.05) is 25.5 Å². The molecule has 13 nitrogen and oxygen atoms in total. The van der Waals surface area contributed by atoms with Crippen LogP contribution in [0, 0.1) is 5.92 Å². The molecule has 5 heterocycles. The highest BCUT2D eigenvalue weighted by Gasteiger charge is 2.45. The Bertz CT molecular complexity index is 2100. The third-order valence-electron chi connectivity index (χ3n) is 11.5. The second-order valence-corrected chi connectivity index (χ2v) is 15.1. The molecule has 0 bridgehead atoms. The minimum absolute atomic E-state index is 0.0534. The van der Waals surface area contributed by atoms with Crippen molar-refractivity contribution in [3.05, 3.63) is 88.7 Å². The van der Waals surface area contributed by atoms with E-state index in [0.29, 0.717) is 29.0 Å². The Labute approximate surface area is 313 Å². The van der Waals surface area contributed by atoms with Crippen molar-refractivity contribution in [2.75, 3.05) is 23.3 Å². The van der Waals surface area contributed by atoms with Crippen molar-refractivity contribution in [3.8, 4) is 0 Å². The third-order valence-corrected chi connectivity index (χ3v) is 11.5. The van der Waals surface area contributed by atoms with Gasteiger partial charge in [0.1, 0.15) is 11.9 Å². The molecule has 2 saturated heterocycles. The lowest BCUT2D eigenvalue weighted by atomic mass is 9.88. The van der Waals surface area contributed by atoms with E-state index >= 15 is 0 Å². The van der Waals surface area contributed by atoms with E-state index < -0.39 is 23.8 Å². The summed E-state index contributed by atoms with van der Waals surface area (Å²) in [7, 11) is 0. The maximum absolute atomic E-state index is 13.5. The van der Waals surface area contributed by atoms with Crippen LogP contribution in [0.25, 0.3) is 5.65 Å². The number of hydrogen-bond donors (Lipinski definition) is 3. The van der Waals surface area contributed by atoms with Crippen LogP contribution in [0.3, 0.4) is 0 Å². The van der Waals surface area contributed by atoms with E-state index in [1.807, 2.05) is 40.9 Å². The van der Waals surface area contributed by atoms with Crippen LogP contribution in [0.5, 0.6) is 0 Å². The fraction of sp³-hybridized carbons (Fsp3) is 0.439. The van der Waals surface area contributed by atoms with Gasteiger partial charge < -0.3 is 15.5 Å². The van der Waals surface area contributed by atoms with Crippen molar-refractivity contribution in [1.29, 1.82) is 0 Å². The number of carbonyl (C=O) groups is 5. The molecule has 2 aromatic carbocycles. The fourth-order valence-corrected chi connectivity index (χ4v) is 8.63. The first-order chi connectivity index (χ1) is 26.2. The van der Waals surface area contributed by atoms with Gasteiger partial charge in [-0.05, 0) is 99.6 Å². The number of nitrogens with zero attached hydrogens (tertiary/aromatic N) is 5. The summed E-state index contributed by atoms with van der Waals surface area (Å²) in [6.45, 7) is 3.93. The molecule has 54 heavy (non-hydrogen) atoms. The fourth-order valence-electron chi connectivity index (χ4n) is 8.63. The molecule has 4 aliphatic rings. The van der Waals surface area contributed by atoms with E-state index in [1.54, 1.807) is 18.3 Å². The first kappa shape index (κ1) is 35.4. The molecule has 3 fully saturated rings. The number of amides is 5. The van der Waals surface area contributed by atoms with Gasteiger partial charge in [-0.2, -0.15) is 9.61 Å². The van der Waals surface area contributed by atoms with Gasteiger partial charge in [0.05, 0.1) is 17.3 Å². The number of rotatable bonds is 11. The minimum atomic E-state index is -0.967. The summed E-state index contributed by atoms with van der Waals surface area (Å²) in [4.78, 5) is 72.2. The standard InChI is InChI=1S/C41H46N8O5/c1-2-4-28-24-35(49-34(43-28)17-20-42-49)44-29-11-12-30(23-29)45-38(51)27-9-13-31(14-10-27)47-21-18-25(19-22-47)7-8-26-5-3-6-32-37(26)41(54)48(40(32)53)33-15-16-36(50)46-39(33)52/h3,5-6,9-10,13-14,17,20,24-25,29-30,33,44H,2,4,7-8,11-12,15-16,18-19,21-23H2,1H3,(H,45,51)(H,46,50,52)/t29-,30?,33?/m1/s1. The topological polar surface area (TPSA) is 158 Å². The lowest BCUT2D eigenvalue weighted by Crippen LogP contribution is -2.54. The number of fused-ring (bicyclic) bond motifs is 2. The van der Waals surface area contributed by atoms with Crippen molar-refractivity contribution in [2.24, 2.45) is 5.92 Å². The summed E-state index contributed by atoms with van der Waals surface area (Å²) >= 11 is 0. The predicted octanol–water partition coefficient (Wildman–Crippen LogP) is 4.70. The molecule has 3 atom stereocenters. The normalized spacial score (nSPS) is 21.8. The number of aryl methyl sites for hydroxylation is 2. The maximum atomic E-state index is 13.5. The average Bonchev–Trinajstić information content (AvgIpc) is 3.90. The molecule has 5 amide bonds. The summed E-state index contributed by atoms with van der Waals surface area (Å²) in [6.07, 6.45) is 10.2. The first-order valence-electron chi connectivity index (χ1n) is 19.3. The first-order valence-corrected chi connectivity index (χ1v) is 19.3. The average molecular weight is 731 g/mol.